The fourth-order valence-corrected chi connectivity index (χ4v) is 2.18. The molecule has 3 aromatic rings. The molecule has 2 aromatic carbocycles. The number of rotatable bonds is 2. The summed E-state index contributed by atoms with van der Waals surface area (Å²) in [5.74, 6) is 1.16. The van der Waals surface area contributed by atoms with Crippen LogP contribution in [0, 0.1) is 0 Å². The highest BCUT2D eigenvalue weighted by Gasteiger charge is 2.13. The molecule has 2 nitrogen and oxygen atoms in total. The Morgan fingerprint density at radius 3 is 2.44 bits per heavy atom. The minimum Gasteiger partial charge on any atom is -0.436 e. The van der Waals surface area contributed by atoms with Gasteiger partial charge in [0.25, 0.3) is 0 Å². The zero-order valence-electron chi connectivity index (χ0n) is 10.6. The fraction of sp³-hybridized carbons (Fsp3) is 0.188. The zero-order chi connectivity index (χ0) is 12.5. The second kappa shape index (κ2) is 4.30. The molecule has 0 aliphatic heterocycles. The lowest BCUT2D eigenvalue weighted by molar-refractivity contribution is 0.617. The summed E-state index contributed by atoms with van der Waals surface area (Å²) >= 11 is 0. The number of hydrogen-bond acceptors (Lipinski definition) is 2. The molecular formula is C16H15NO. The SMILES string of the molecule is CC(C)c1ccccc1-c1nc2ccccc2o1. The molecule has 0 aliphatic carbocycles. The number of oxazole rings is 1. The van der Waals surface area contributed by atoms with Crippen molar-refractivity contribution in [1.82, 2.24) is 4.98 Å². The van der Waals surface area contributed by atoms with E-state index in [0.717, 1.165) is 16.7 Å². The average molecular weight is 237 g/mol. The van der Waals surface area contributed by atoms with Crippen LogP contribution in [0.4, 0.5) is 0 Å². The lowest BCUT2D eigenvalue weighted by Gasteiger charge is -2.09. The Balaban J connectivity index is 2.20. The number of fused-ring (bicyclic) bond motifs is 1. The largest absolute Gasteiger partial charge is 0.436 e. The maximum atomic E-state index is 5.83. The van der Waals surface area contributed by atoms with Gasteiger partial charge in [-0.1, -0.05) is 44.2 Å². The second-order valence-corrected chi connectivity index (χ2v) is 4.73. The average Bonchev–Trinajstić information content (AvgIpc) is 2.82. The highest BCUT2D eigenvalue weighted by atomic mass is 16.3. The summed E-state index contributed by atoms with van der Waals surface area (Å²) in [4.78, 5) is 4.56. The minimum absolute atomic E-state index is 0.455. The molecule has 0 fully saturated rings. The van der Waals surface area contributed by atoms with Crippen molar-refractivity contribution in [2.45, 2.75) is 19.8 Å². The van der Waals surface area contributed by atoms with Crippen LogP contribution >= 0.6 is 0 Å². The third kappa shape index (κ3) is 1.80. The highest BCUT2D eigenvalue weighted by molar-refractivity contribution is 5.76. The van der Waals surface area contributed by atoms with Crippen LogP contribution in [0.1, 0.15) is 25.3 Å². The van der Waals surface area contributed by atoms with E-state index in [2.05, 4.69) is 37.0 Å². The van der Waals surface area contributed by atoms with Crippen LogP contribution in [0.15, 0.2) is 52.9 Å². The van der Waals surface area contributed by atoms with Gasteiger partial charge in [-0.2, -0.15) is 0 Å². The Bertz CT molecular complexity index is 649. The molecule has 2 heteroatoms. The van der Waals surface area contributed by atoms with E-state index in [9.17, 15) is 0 Å². The number of hydrogen-bond donors (Lipinski definition) is 0. The molecular weight excluding hydrogens is 222 g/mol. The molecule has 0 radical (unpaired) electrons. The van der Waals surface area contributed by atoms with Gasteiger partial charge in [-0.25, -0.2) is 4.98 Å². The third-order valence-electron chi connectivity index (χ3n) is 3.11. The molecule has 1 heterocycles. The molecule has 0 spiro atoms. The first-order chi connectivity index (χ1) is 8.75. The number of para-hydroxylation sites is 2. The lowest BCUT2D eigenvalue weighted by atomic mass is 9.97. The van der Waals surface area contributed by atoms with Crippen LogP contribution in [0.2, 0.25) is 0 Å². The lowest BCUT2D eigenvalue weighted by Crippen LogP contribution is -1.91. The van der Waals surface area contributed by atoms with Crippen molar-refractivity contribution in [3.63, 3.8) is 0 Å². The van der Waals surface area contributed by atoms with Gasteiger partial charge in [-0.05, 0) is 29.7 Å². The van der Waals surface area contributed by atoms with Crippen molar-refractivity contribution in [2.24, 2.45) is 0 Å². The molecule has 90 valence electrons. The monoisotopic (exact) mass is 237 g/mol. The van der Waals surface area contributed by atoms with Gasteiger partial charge < -0.3 is 4.42 Å². The Kier molecular flexibility index (Phi) is 2.63. The molecule has 0 atom stereocenters. The number of nitrogens with zero attached hydrogens (tertiary/aromatic N) is 1. The van der Waals surface area contributed by atoms with Gasteiger partial charge in [-0.15, -0.1) is 0 Å². The molecule has 0 unspecified atom stereocenters. The maximum absolute atomic E-state index is 5.83. The van der Waals surface area contributed by atoms with Crippen LogP contribution in [-0.4, -0.2) is 4.98 Å². The Morgan fingerprint density at radius 1 is 0.944 bits per heavy atom. The summed E-state index contributed by atoms with van der Waals surface area (Å²) in [7, 11) is 0. The smallest absolute Gasteiger partial charge is 0.227 e. The molecule has 0 N–H and O–H groups in total. The first-order valence-electron chi connectivity index (χ1n) is 6.20. The number of benzene rings is 2. The van der Waals surface area contributed by atoms with E-state index >= 15 is 0 Å². The van der Waals surface area contributed by atoms with Gasteiger partial charge in [0.15, 0.2) is 5.58 Å². The number of aromatic nitrogens is 1. The van der Waals surface area contributed by atoms with Crippen molar-refractivity contribution in [3.8, 4) is 11.5 Å². The first kappa shape index (κ1) is 11.0. The van der Waals surface area contributed by atoms with Gasteiger partial charge in [0, 0.05) is 5.56 Å². The van der Waals surface area contributed by atoms with Crippen molar-refractivity contribution in [3.05, 3.63) is 54.1 Å². The molecule has 3 rings (SSSR count). The first-order valence-corrected chi connectivity index (χ1v) is 6.20. The summed E-state index contributed by atoms with van der Waals surface area (Å²) in [6, 6.07) is 16.1. The maximum Gasteiger partial charge on any atom is 0.227 e. The molecule has 0 bridgehead atoms. The molecule has 0 saturated heterocycles. The fourth-order valence-electron chi connectivity index (χ4n) is 2.18. The minimum atomic E-state index is 0.455. The van der Waals surface area contributed by atoms with E-state index in [-0.39, 0.29) is 0 Å². The Hall–Kier alpha value is -2.09. The van der Waals surface area contributed by atoms with Crippen LogP contribution in [0.25, 0.3) is 22.6 Å². The van der Waals surface area contributed by atoms with E-state index < -0.39 is 0 Å². The second-order valence-electron chi connectivity index (χ2n) is 4.73. The summed E-state index contributed by atoms with van der Waals surface area (Å²) in [6.07, 6.45) is 0. The molecule has 1 aromatic heterocycles. The van der Waals surface area contributed by atoms with Crippen molar-refractivity contribution >= 4 is 11.1 Å². The summed E-state index contributed by atoms with van der Waals surface area (Å²) in [5.41, 5.74) is 4.10. The predicted molar refractivity (Wildman–Crippen MR) is 73.5 cm³/mol. The van der Waals surface area contributed by atoms with Gasteiger partial charge in [-0.3, -0.25) is 0 Å². The van der Waals surface area contributed by atoms with Crippen LogP contribution in [0.5, 0.6) is 0 Å². The predicted octanol–water partition coefficient (Wildman–Crippen LogP) is 4.62. The van der Waals surface area contributed by atoms with Crippen LogP contribution in [0.3, 0.4) is 0 Å². The normalized spacial score (nSPS) is 11.3. The van der Waals surface area contributed by atoms with E-state index in [1.807, 2.05) is 30.3 Å². The van der Waals surface area contributed by atoms with Crippen molar-refractivity contribution < 1.29 is 4.42 Å². The topological polar surface area (TPSA) is 26.0 Å². The van der Waals surface area contributed by atoms with Crippen molar-refractivity contribution in [2.75, 3.05) is 0 Å². The van der Waals surface area contributed by atoms with E-state index in [1.54, 1.807) is 0 Å². The molecule has 18 heavy (non-hydrogen) atoms. The quantitative estimate of drug-likeness (QED) is 0.650. The summed E-state index contributed by atoms with van der Waals surface area (Å²) in [5, 5.41) is 0. The van der Waals surface area contributed by atoms with Crippen LogP contribution in [-0.2, 0) is 0 Å². The van der Waals surface area contributed by atoms with E-state index in [1.165, 1.54) is 5.56 Å². The summed E-state index contributed by atoms with van der Waals surface area (Å²) < 4.78 is 5.83. The molecule has 0 amide bonds. The Labute approximate surface area is 106 Å². The van der Waals surface area contributed by atoms with Crippen LogP contribution < -0.4 is 0 Å². The highest BCUT2D eigenvalue weighted by Crippen LogP contribution is 2.30. The van der Waals surface area contributed by atoms with E-state index in [4.69, 9.17) is 4.42 Å². The molecule has 0 saturated carbocycles. The van der Waals surface area contributed by atoms with Crippen molar-refractivity contribution in [1.29, 1.82) is 0 Å². The summed E-state index contributed by atoms with van der Waals surface area (Å²) in [6.45, 7) is 4.36. The Morgan fingerprint density at radius 2 is 1.67 bits per heavy atom. The third-order valence-corrected chi connectivity index (χ3v) is 3.11. The van der Waals surface area contributed by atoms with E-state index in [0.29, 0.717) is 11.8 Å². The molecule has 0 aliphatic rings. The van der Waals surface area contributed by atoms with Gasteiger partial charge in [0.2, 0.25) is 5.89 Å². The van der Waals surface area contributed by atoms with Gasteiger partial charge in [0.1, 0.15) is 5.52 Å². The standard InChI is InChI=1S/C16H15NO/c1-11(2)12-7-3-4-8-13(12)16-17-14-9-5-6-10-15(14)18-16/h3-11H,1-2H3. The zero-order valence-corrected chi connectivity index (χ0v) is 10.6. The van der Waals surface area contributed by atoms with Gasteiger partial charge in [0.05, 0.1) is 0 Å². The van der Waals surface area contributed by atoms with Gasteiger partial charge >= 0.3 is 0 Å².